The Kier molecular flexibility index (Phi) is 5.63. The maximum Gasteiger partial charge on any atom is 0.315 e. The third-order valence-electron chi connectivity index (χ3n) is 4.45. The number of carbonyl (C=O) groups is 1. The van der Waals surface area contributed by atoms with E-state index in [1.165, 1.54) is 25.0 Å². The molecule has 3 rings (SSSR count). The van der Waals surface area contributed by atoms with Gasteiger partial charge in [-0.05, 0) is 44.0 Å². The Morgan fingerprint density at radius 1 is 1.20 bits per heavy atom. The highest BCUT2D eigenvalue weighted by Gasteiger charge is 2.20. The van der Waals surface area contributed by atoms with Crippen molar-refractivity contribution in [3.8, 4) is 11.4 Å². The zero-order valence-electron chi connectivity index (χ0n) is 14.3. The van der Waals surface area contributed by atoms with E-state index in [0.29, 0.717) is 17.3 Å². The molecule has 0 aliphatic heterocycles. The van der Waals surface area contributed by atoms with Crippen molar-refractivity contribution in [1.29, 1.82) is 0 Å². The first-order valence-corrected chi connectivity index (χ1v) is 8.78. The molecule has 0 bridgehead atoms. The number of halogens is 1. The van der Waals surface area contributed by atoms with Gasteiger partial charge in [0.25, 0.3) is 0 Å². The normalized spacial score (nSPS) is 16.9. The first kappa shape index (κ1) is 17.4. The third kappa shape index (κ3) is 4.78. The molecular weight excluding hydrogens is 323 g/mol. The van der Waals surface area contributed by atoms with E-state index in [1.54, 1.807) is 19.1 Å². The van der Waals surface area contributed by atoms with Gasteiger partial charge in [-0.2, -0.15) is 4.98 Å². The summed E-state index contributed by atoms with van der Waals surface area (Å²) >= 11 is 0. The van der Waals surface area contributed by atoms with E-state index in [9.17, 15) is 9.18 Å². The van der Waals surface area contributed by atoms with E-state index in [0.717, 1.165) is 25.7 Å². The average molecular weight is 346 g/mol. The highest BCUT2D eigenvalue weighted by molar-refractivity contribution is 5.74. The summed E-state index contributed by atoms with van der Waals surface area (Å²) in [6.45, 7) is 1.79. The lowest BCUT2D eigenvalue weighted by atomic mass is 10.1. The summed E-state index contributed by atoms with van der Waals surface area (Å²) in [4.78, 5) is 16.5. The maximum absolute atomic E-state index is 13.0. The number of nitrogens with one attached hydrogen (secondary N) is 2. The molecule has 6 nitrogen and oxygen atoms in total. The molecule has 7 heteroatoms. The van der Waals surface area contributed by atoms with Gasteiger partial charge in [-0.15, -0.1) is 0 Å². The summed E-state index contributed by atoms with van der Waals surface area (Å²) in [6, 6.07) is 5.45. The molecule has 2 amide bonds. The molecule has 1 heterocycles. The van der Waals surface area contributed by atoms with Crippen LogP contribution in [-0.2, 0) is 0 Å². The Morgan fingerprint density at radius 3 is 2.56 bits per heavy atom. The zero-order chi connectivity index (χ0) is 17.6. The second-order valence-electron chi connectivity index (χ2n) is 6.49. The Balaban J connectivity index is 1.56. The number of amides is 2. The van der Waals surface area contributed by atoms with Gasteiger partial charge in [-0.1, -0.05) is 30.8 Å². The first-order valence-electron chi connectivity index (χ1n) is 8.78. The molecule has 1 aliphatic rings. The third-order valence-corrected chi connectivity index (χ3v) is 4.45. The summed E-state index contributed by atoms with van der Waals surface area (Å²) in [5, 5.41) is 9.75. The molecule has 0 spiro atoms. The van der Waals surface area contributed by atoms with Gasteiger partial charge in [0.05, 0.1) is 0 Å². The standard InChI is InChI=1S/C18H23FN4O2/c1-12(20-18(24)21-15-6-4-2-3-5-7-15)17-22-16(23-25-17)13-8-10-14(19)11-9-13/h8-12,15H,2-7H2,1H3,(H2,20,21,24). The van der Waals surface area contributed by atoms with Crippen LogP contribution in [0, 0.1) is 5.82 Å². The van der Waals surface area contributed by atoms with Crippen LogP contribution in [0.15, 0.2) is 28.8 Å². The molecular formula is C18H23FN4O2. The van der Waals surface area contributed by atoms with E-state index < -0.39 is 6.04 Å². The van der Waals surface area contributed by atoms with Crippen molar-refractivity contribution in [2.24, 2.45) is 0 Å². The number of hydrogen-bond acceptors (Lipinski definition) is 4. The molecule has 2 aromatic rings. The Bertz CT molecular complexity index is 693. The van der Waals surface area contributed by atoms with Crippen LogP contribution >= 0.6 is 0 Å². The second-order valence-corrected chi connectivity index (χ2v) is 6.49. The Hall–Kier alpha value is -2.44. The van der Waals surface area contributed by atoms with Gasteiger partial charge in [0.1, 0.15) is 11.9 Å². The molecule has 25 heavy (non-hydrogen) atoms. The van der Waals surface area contributed by atoms with Gasteiger partial charge >= 0.3 is 6.03 Å². The zero-order valence-corrected chi connectivity index (χ0v) is 14.3. The fourth-order valence-corrected chi connectivity index (χ4v) is 3.04. The van der Waals surface area contributed by atoms with Crippen molar-refractivity contribution in [2.45, 2.75) is 57.5 Å². The summed E-state index contributed by atoms with van der Waals surface area (Å²) in [5.74, 6) is 0.362. The van der Waals surface area contributed by atoms with Crippen molar-refractivity contribution in [2.75, 3.05) is 0 Å². The van der Waals surface area contributed by atoms with E-state index >= 15 is 0 Å². The number of benzene rings is 1. The van der Waals surface area contributed by atoms with E-state index in [-0.39, 0.29) is 17.9 Å². The highest BCUT2D eigenvalue weighted by atomic mass is 19.1. The Labute approximate surface area is 146 Å². The number of carbonyl (C=O) groups excluding carboxylic acids is 1. The molecule has 0 saturated heterocycles. The number of urea groups is 1. The smallest absolute Gasteiger partial charge is 0.315 e. The predicted octanol–water partition coefficient (Wildman–Crippen LogP) is 3.96. The highest BCUT2D eigenvalue weighted by Crippen LogP contribution is 2.20. The maximum atomic E-state index is 13.0. The number of aromatic nitrogens is 2. The minimum atomic E-state index is -0.410. The van der Waals surface area contributed by atoms with Crippen LogP contribution in [0.2, 0.25) is 0 Å². The van der Waals surface area contributed by atoms with Gasteiger partial charge in [0.2, 0.25) is 11.7 Å². The molecule has 1 unspecified atom stereocenters. The second kappa shape index (κ2) is 8.09. The van der Waals surface area contributed by atoms with Crippen LogP contribution < -0.4 is 10.6 Å². The van der Waals surface area contributed by atoms with Gasteiger partial charge < -0.3 is 15.2 Å². The van der Waals surface area contributed by atoms with Crippen LogP contribution in [-0.4, -0.2) is 22.2 Å². The minimum absolute atomic E-state index is 0.221. The molecule has 1 aromatic heterocycles. The summed E-state index contributed by atoms with van der Waals surface area (Å²) in [6.07, 6.45) is 6.85. The fraction of sp³-hybridized carbons (Fsp3) is 0.500. The SMILES string of the molecule is CC(NC(=O)NC1CCCCCC1)c1nc(-c2ccc(F)cc2)no1. The number of hydrogen-bond donors (Lipinski definition) is 2. The molecule has 0 radical (unpaired) electrons. The number of nitrogens with zero attached hydrogens (tertiary/aromatic N) is 2. The van der Waals surface area contributed by atoms with Crippen LogP contribution in [0.1, 0.15) is 57.4 Å². The number of rotatable bonds is 4. The van der Waals surface area contributed by atoms with Crippen molar-refractivity contribution in [3.05, 3.63) is 36.0 Å². The van der Waals surface area contributed by atoms with Crippen molar-refractivity contribution in [1.82, 2.24) is 20.8 Å². The Morgan fingerprint density at radius 2 is 1.88 bits per heavy atom. The van der Waals surface area contributed by atoms with Gasteiger partial charge in [0, 0.05) is 11.6 Å². The van der Waals surface area contributed by atoms with Crippen LogP contribution in [0.25, 0.3) is 11.4 Å². The molecule has 1 fully saturated rings. The fourth-order valence-electron chi connectivity index (χ4n) is 3.04. The van der Waals surface area contributed by atoms with Crippen LogP contribution in [0.3, 0.4) is 0 Å². The van der Waals surface area contributed by atoms with E-state index in [4.69, 9.17) is 4.52 Å². The van der Waals surface area contributed by atoms with Gasteiger partial charge in [-0.25, -0.2) is 9.18 Å². The lowest BCUT2D eigenvalue weighted by Crippen LogP contribution is -2.42. The minimum Gasteiger partial charge on any atom is -0.337 e. The lowest BCUT2D eigenvalue weighted by molar-refractivity contribution is 0.229. The van der Waals surface area contributed by atoms with E-state index in [2.05, 4.69) is 20.8 Å². The molecule has 1 saturated carbocycles. The van der Waals surface area contributed by atoms with E-state index in [1.807, 2.05) is 0 Å². The average Bonchev–Trinajstić information content (AvgIpc) is 2.95. The molecule has 1 atom stereocenters. The van der Waals surface area contributed by atoms with Crippen molar-refractivity contribution < 1.29 is 13.7 Å². The molecule has 1 aromatic carbocycles. The molecule has 2 N–H and O–H groups in total. The van der Waals surface area contributed by atoms with Crippen LogP contribution in [0.4, 0.5) is 9.18 Å². The summed E-state index contributed by atoms with van der Waals surface area (Å²) in [5.41, 5.74) is 0.659. The topological polar surface area (TPSA) is 80.0 Å². The van der Waals surface area contributed by atoms with Gasteiger partial charge in [0.15, 0.2) is 0 Å². The lowest BCUT2D eigenvalue weighted by Gasteiger charge is -2.18. The van der Waals surface area contributed by atoms with Gasteiger partial charge in [-0.3, -0.25) is 0 Å². The molecule has 1 aliphatic carbocycles. The predicted molar refractivity (Wildman–Crippen MR) is 91.3 cm³/mol. The van der Waals surface area contributed by atoms with Crippen LogP contribution in [0.5, 0.6) is 0 Å². The quantitative estimate of drug-likeness (QED) is 0.821. The first-order chi connectivity index (χ1) is 12.1. The van der Waals surface area contributed by atoms with Crippen molar-refractivity contribution in [3.63, 3.8) is 0 Å². The van der Waals surface area contributed by atoms with Crippen molar-refractivity contribution >= 4 is 6.03 Å². The monoisotopic (exact) mass is 346 g/mol. The largest absolute Gasteiger partial charge is 0.337 e. The summed E-state index contributed by atoms with van der Waals surface area (Å²) < 4.78 is 18.2. The summed E-state index contributed by atoms with van der Waals surface area (Å²) in [7, 11) is 0. The molecule has 134 valence electrons.